The smallest absolute Gasteiger partial charge is 0.306 e. The Balaban J connectivity index is 3.95. The lowest BCUT2D eigenvalue weighted by atomic mass is 10.3. The molecule has 0 aliphatic rings. The molecule has 42 valence electrons. The van der Waals surface area contributed by atoms with Crippen molar-refractivity contribution in [1.29, 1.82) is 5.41 Å². The van der Waals surface area contributed by atoms with Crippen molar-refractivity contribution in [3.63, 3.8) is 0 Å². The van der Waals surface area contributed by atoms with E-state index in [0.717, 1.165) is 6.21 Å². The van der Waals surface area contributed by atoms with Crippen LogP contribution in [0.15, 0.2) is 0 Å². The lowest BCUT2D eigenvalue weighted by Crippen LogP contribution is -2.24. The van der Waals surface area contributed by atoms with Crippen LogP contribution in [-0.4, -0.2) is 17.2 Å². The summed E-state index contributed by atoms with van der Waals surface area (Å²) in [5, 5.41) is 6.58. The van der Waals surface area contributed by atoms with Crippen LogP contribution in [0.4, 0.5) is 0 Å². The van der Waals surface area contributed by atoms with Gasteiger partial charge in [-0.25, -0.2) is 6.57 Å². The van der Waals surface area contributed by atoms with Gasteiger partial charge in [-0.3, -0.25) is 4.85 Å². The molecule has 4 heteroatoms. The van der Waals surface area contributed by atoms with Gasteiger partial charge in [0.25, 0.3) is 0 Å². The Morgan fingerprint density at radius 2 is 2.50 bits per heavy atom. The molecule has 8 heavy (non-hydrogen) atoms. The van der Waals surface area contributed by atoms with Gasteiger partial charge in [0.1, 0.15) is 0 Å². The van der Waals surface area contributed by atoms with E-state index < -0.39 is 6.04 Å². The molecule has 0 aromatic rings. The van der Waals surface area contributed by atoms with Gasteiger partial charge in [0.05, 0.1) is 6.21 Å². The third-order valence-corrected chi connectivity index (χ3v) is 0.830. The first-order chi connectivity index (χ1) is 3.72. The zero-order valence-corrected chi connectivity index (χ0v) is 4.90. The van der Waals surface area contributed by atoms with Crippen LogP contribution in [-0.2, 0) is 0 Å². The Kier molecular flexibility index (Phi) is 2.74. The van der Waals surface area contributed by atoms with Crippen molar-refractivity contribution < 1.29 is 0 Å². The molecule has 0 radical (unpaired) electrons. The van der Waals surface area contributed by atoms with Crippen molar-refractivity contribution in [3.8, 4) is 0 Å². The summed E-state index contributed by atoms with van der Waals surface area (Å²) in [7, 11) is 0. The molecule has 0 aromatic heterocycles. The maximum Gasteiger partial charge on any atom is 0.306 e. The van der Waals surface area contributed by atoms with E-state index in [-0.39, 0.29) is 4.99 Å². The van der Waals surface area contributed by atoms with Gasteiger partial charge in [0.2, 0.25) is 0 Å². The maximum absolute atomic E-state index is 6.58. The Hall–Kier alpha value is -0.950. The lowest BCUT2D eigenvalue weighted by molar-refractivity contribution is 1.36. The van der Waals surface area contributed by atoms with Crippen LogP contribution in [0, 0.1) is 12.0 Å². The van der Waals surface area contributed by atoms with Crippen molar-refractivity contribution >= 4 is 23.4 Å². The molecule has 3 N–H and O–H groups in total. The van der Waals surface area contributed by atoms with Gasteiger partial charge in [0.15, 0.2) is 4.99 Å². The van der Waals surface area contributed by atoms with E-state index in [2.05, 4.69) is 17.1 Å². The van der Waals surface area contributed by atoms with Crippen LogP contribution < -0.4 is 5.73 Å². The minimum atomic E-state index is -0.704. The summed E-state index contributed by atoms with van der Waals surface area (Å²) in [4.78, 5) is 3.01. The Morgan fingerprint density at radius 3 is 2.50 bits per heavy atom. The van der Waals surface area contributed by atoms with Gasteiger partial charge in [-0.15, -0.1) is 0 Å². The zero-order chi connectivity index (χ0) is 6.57. The molecule has 0 fully saturated rings. The number of nitrogens with one attached hydrogen (secondary N) is 1. The molecule has 0 saturated carbocycles. The molecule has 0 aliphatic carbocycles. The quantitative estimate of drug-likeness (QED) is 0.316. The number of nitrogens with two attached hydrogens (primary N) is 1. The molecular weight excluding hydrogens is 122 g/mol. The molecule has 0 saturated heterocycles. The van der Waals surface area contributed by atoms with Gasteiger partial charge in [-0.05, 0) is 0 Å². The molecule has 0 spiro atoms. The summed E-state index contributed by atoms with van der Waals surface area (Å²) < 4.78 is 0. The monoisotopic (exact) mass is 127 g/mol. The summed E-state index contributed by atoms with van der Waals surface area (Å²) in [5.74, 6) is 0. The number of nitrogens with zero attached hydrogens (tertiary/aromatic N) is 1. The first-order valence-electron chi connectivity index (χ1n) is 1.89. The standard InChI is InChI=1S/C4H5N3S/c1-7-3(2-5)4(6)8/h2-3,5H,(H2,6,8). The number of hydrogen-bond donors (Lipinski definition) is 2. The molecule has 0 aromatic carbocycles. The average Bonchev–Trinajstić information content (AvgIpc) is 1.69. The third kappa shape index (κ3) is 1.67. The van der Waals surface area contributed by atoms with Crippen LogP contribution in [0.5, 0.6) is 0 Å². The summed E-state index contributed by atoms with van der Waals surface area (Å²) >= 11 is 4.43. The number of thiocarbonyl (C=S) groups is 1. The van der Waals surface area contributed by atoms with E-state index in [1.54, 1.807) is 0 Å². The molecule has 0 aliphatic heterocycles. The minimum Gasteiger partial charge on any atom is -0.387 e. The molecule has 0 heterocycles. The van der Waals surface area contributed by atoms with Gasteiger partial charge in [0, 0.05) is 0 Å². The summed E-state index contributed by atoms with van der Waals surface area (Å²) in [6.45, 7) is 6.40. The lowest BCUT2D eigenvalue weighted by Gasteiger charge is -1.90. The second kappa shape index (κ2) is 3.10. The second-order valence-electron chi connectivity index (χ2n) is 1.14. The van der Waals surface area contributed by atoms with E-state index in [1.807, 2.05) is 0 Å². The van der Waals surface area contributed by atoms with E-state index in [9.17, 15) is 0 Å². The Morgan fingerprint density at radius 1 is 2.00 bits per heavy atom. The topological polar surface area (TPSA) is 54.2 Å². The fourth-order valence-corrected chi connectivity index (χ4v) is 0.304. The largest absolute Gasteiger partial charge is 0.387 e. The van der Waals surface area contributed by atoms with Crippen molar-refractivity contribution in [3.05, 3.63) is 11.4 Å². The second-order valence-corrected chi connectivity index (χ2v) is 1.61. The highest BCUT2D eigenvalue weighted by atomic mass is 32.1. The molecule has 0 rings (SSSR count). The molecular formula is C4H5N3S. The van der Waals surface area contributed by atoms with Crippen molar-refractivity contribution in [2.45, 2.75) is 6.04 Å². The van der Waals surface area contributed by atoms with Crippen molar-refractivity contribution in [2.75, 3.05) is 0 Å². The molecule has 1 unspecified atom stereocenters. The van der Waals surface area contributed by atoms with Gasteiger partial charge in [-0.1, -0.05) is 12.2 Å². The predicted molar refractivity (Wildman–Crippen MR) is 36.0 cm³/mol. The van der Waals surface area contributed by atoms with Gasteiger partial charge in [-0.2, -0.15) is 0 Å². The van der Waals surface area contributed by atoms with Crippen LogP contribution in [0.2, 0.25) is 0 Å². The number of hydrogen-bond acceptors (Lipinski definition) is 2. The average molecular weight is 127 g/mol. The molecule has 0 amide bonds. The normalized spacial score (nSPS) is 11.4. The highest BCUT2D eigenvalue weighted by Gasteiger charge is 2.09. The summed E-state index contributed by atoms with van der Waals surface area (Å²) in [5.41, 5.74) is 5.02. The molecule has 3 nitrogen and oxygen atoms in total. The first kappa shape index (κ1) is 7.05. The fourth-order valence-electron chi connectivity index (χ4n) is 0.183. The van der Waals surface area contributed by atoms with Crippen LogP contribution in [0.25, 0.3) is 4.85 Å². The molecule has 0 bridgehead atoms. The van der Waals surface area contributed by atoms with Crippen molar-refractivity contribution in [1.82, 2.24) is 0 Å². The Labute approximate surface area is 52.8 Å². The fraction of sp³-hybridized carbons (Fsp3) is 0.250. The van der Waals surface area contributed by atoms with Crippen LogP contribution in [0.3, 0.4) is 0 Å². The van der Waals surface area contributed by atoms with E-state index in [4.69, 9.17) is 17.7 Å². The van der Waals surface area contributed by atoms with Gasteiger partial charge >= 0.3 is 6.04 Å². The highest BCUT2D eigenvalue weighted by Crippen LogP contribution is 1.83. The maximum atomic E-state index is 6.58. The predicted octanol–water partition coefficient (Wildman–Crippen LogP) is 0.210. The van der Waals surface area contributed by atoms with E-state index in [0.29, 0.717) is 0 Å². The van der Waals surface area contributed by atoms with Crippen LogP contribution in [0.1, 0.15) is 0 Å². The SMILES string of the molecule is [C-]#[N+]C(C=N)C(N)=S. The minimum absolute atomic E-state index is 0.0648. The highest BCUT2D eigenvalue weighted by molar-refractivity contribution is 7.80. The van der Waals surface area contributed by atoms with Crippen molar-refractivity contribution in [2.24, 2.45) is 5.73 Å². The first-order valence-corrected chi connectivity index (χ1v) is 2.29. The number of rotatable bonds is 2. The van der Waals surface area contributed by atoms with Crippen LogP contribution >= 0.6 is 12.2 Å². The Bertz CT molecular complexity index is 146. The van der Waals surface area contributed by atoms with E-state index in [1.165, 1.54) is 0 Å². The van der Waals surface area contributed by atoms with Gasteiger partial charge < -0.3 is 11.1 Å². The third-order valence-electron chi connectivity index (χ3n) is 0.588. The zero-order valence-electron chi connectivity index (χ0n) is 4.09. The summed E-state index contributed by atoms with van der Waals surface area (Å²) in [6.07, 6.45) is 0.926. The molecule has 1 atom stereocenters. The van der Waals surface area contributed by atoms with E-state index >= 15 is 0 Å². The summed E-state index contributed by atoms with van der Waals surface area (Å²) in [6, 6.07) is -0.704.